The summed E-state index contributed by atoms with van der Waals surface area (Å²) >= 11 is 0. The molecule has 4 nitrogen and oxygen atoms in total. The molecular weight excluding hydrogens is 262 g/mol. The molecule has 0 radical (unpaired) electrons. The van der Waals surface area contributed by atoms with Gasteiger partial charge in [-0.05, 0) is 49.5 Å². The maximum absolute atomic E-state index is 5.65. The van der Waals surface area contributed by atoms with Crippen molar-refractivity contribution in [2.45, 2.75) is 46.1 Å². The fourth-order valence-corrected chi connectivity index (χ4v) is 4.07. The van der Waals surface area contributed by atoms with E-state index in [0.717, 1.165) is 49.1 Å². The van der Waals surface area contributed by atoms with E-state index in [2.05, 4.69) is 36.1 Å². The molecule has 0 amide bonds. The van der Waals surface area contributed by atoms with Gasteiger partial charge in [0.25, 0.3) is 6.01 Å². The molecule has 0 saturated heterocycles. The first-order chi connectivity index (χ1) is 10.1. The molecule has 3 atom stereocenters. The SMILES string of the molecule is CC(C)CNCc1coc(N(C)CC2CC3CCC2C3)n1. The number of rotatable bonds is 7. The van der Waals surface area contributed by atoms with E-state index >= 15 is 0 Å². The number of oxazole rings is 1. The van der Waals surface area contributed by atoms with Gasteiger partial charge in [-0.15, -0.1) is 0 Å². The smallest absolute Gasteiger partial charge is 0.297 e. The van der Waals surface area contributed by atoms with Gasteiger partial charge in [-0.1, -0.05) is 20.3 Å². The molecule has 3 unspecified atom stereocenters. The normalized spacial score (nSPS) is 27.7. The van der Waals surface area contributed by atoms with Crippen LogP contribution in [0.25, 0.3) is 0 Å². The first-order valence-electron chi connectivity index (χ1n) is 8.48. The molecule has 1 aromatic heterocycles. The lowest BCUT2D eigenvalue weighted by Gasteiger charge is -2.26. The molecule has 1 aromatic rings. The van der Waals surface area contributed by atoms with Crippen LogP contribution in [0, 0.1) is 23.7 Å². The Morgan fingerprint density at radius 2 is 2.24 bits per heavy atom. The van der Waals surface area contributed by atoms with Crippen LogP contribution >= 0.6 is 0 Å². The zero-order valence-corrected chi connectivity index (χ0v) is 13.6. The largest absolute Gasteiger partial charge is 0.432 e. The van der Waals surface area contributed by atoms with Crippen LogP contribution < -0.4 is 10.2 Å². The van der Waals surface area contributed by atoms with Crippen LogP contribution in [0.3, 0.4) is 0 Å². The zero-order valence-electron chi connectivity index (χ0n) is 13.6. The molecule has 2 fully saturated rings. The van der Waals surface area contributed by atoms with Crippen molar-refractivity contribution < 1.29 is 4.42 Å². The summed E-state index contributed by atoms with van der Waals surface area (Å²) in [7, 11) is 2.11. The summed E-state index contributed by atoms with van der Waals surface area (Å²) in [6.07, 6.45) is 7.58. The minimum Gasteiger partial charge on any atom is -0.432 e. The minimum atomic E-state index is 0.664. The maximum Gasteiger partial charge on any atom is 0.297 e. The van der Waals surface area contributed by atoms with Crippen LogP contribution in [-0.4, -0.2) is 25.1 Å². The van der Waals surface area contributed by atoms with Gasteiger partial charge in [0.1, 0.15) is 6.26 Å². The van der Waals surface area contributed by atoms with Gasteiger partial charge in [-0.3, -0.25) is 0 Å². The van der Waals surface area contributed by atoms with Gasteiger partial charge in [-0.25, -0.2) is 0 Å². The van der Waals surface area contributed by atoms with Crippen molar-refractivity contribution in [3.8, 4) is 0 Å². The van der Waals surface area contributed by atoms with E-state index in [1.807, 2.05) is 0 Å². The number of nitrogens with zero attached hydrogens (tertiary/aromatic N) is 2. The highest BCUT2D eigenvalue weighted by atomic mass is 16.4. The fourth-order valence-electron chi connectivity index (χ4n) is 4.07. The quantitative estimate of drug-likeness (QED) is 0.837. The molecule has 2 bridgehead atoms. The zero-order chi connectivity index (χ0) is 14.8. The Hall–Kier alpha value is -1.03. The summed E-state index contributed by atoms with van der Waals surface area (Å²) in [5, 5.41) is 3.41. The molecular formula is C17H29N3O. The summed E-state index contributed by atoms with van der Waals surface area (Å²) in [6, 6.07) is 0.777. The molecule has 0 aromatic carbocycles. The van der Waals surface area contributed by atoms with Crippen molar-refractivity contribution in [2.75, 3.05) is 25.0 Å². The number of hydrogen-bond acceptors (Lipinski definition) is 4. The summed E-state index contributed by atoms with van der Waals surface area (Å²) in [4.78, 5) is 6.81. The molecule has 4 heteroatoms. The lowest BCUT2D eigenvalue weighted by atomic mass is 9.88. The number of fused-ring (bicyclic) bond motifs is 2. The van der Waals surface area contributed by atoms with Gasteiger partial charge in [-0.2, -0.15) is 4.98 Å². The standard InChI is InChI=1S/C17H29N3O/c1-12(2)8-18-9-16-11-21-17(19-16)20(3)10-15-7-13-4-5-14(15)6-13/h11-15,18H,4-10H2,1-3H3. The highest BCUT2D eigenvalue weighted by molar-refractivity contribution is 5.25. The number of aromatic nitrogens is 1. The van der Waals surface area contributed by atoms with E-state index in [1.165, 1.54) is 25.7 Å². The molecule has 2 aliphatic carbocycles. The average Bonchev–Trinajstić information content (AvgIpc) is 3.13. The molecule has 3 rings (SSSR count). The highest BCUT2D eigenvalue weighted by Crippen LogP contribution is 2.48. The Labute approximate surface area is 128 Å². The third-order valence-corrected chi connectivity index (χ3v) is 5.12. The predicted molar refractivity (Wildman–Crippen MR) is 85.3 cm³/mol. The molecule has 1 heterocycles. The van der Waals surface area contributed by atoms with Crippen molar-refractivity contribution in [1.82, 2.24) is 10.3 Å². The molecule has 2 saturated carbocycles. The highest BCUT2D eigenvalue weighted by Gasteiger charge is 2.39. The lowest BCUT2D eigenvalue weighted by Crippen LogP contribution is -2.28. The van der Waals surface area contributed by atoms with Crippen LogP contribution in [0.15, 0.2) is 10.7 Å². The molecule has 2 aliphatic rings. The van der Waals surface area contributed by atoms with E-state index in [1.54, 1.807) is 6.26 Å². The van der Waals surface area contributed by atoms with Gasteiger partial charge in [0.2, 0.25) is 0 Å². The van der Waals surface area contributed by atoms with Crippen LogP contribution in [-0.2, 0) is 6.54 Å². The summed E-state index contributed by atoms with van der Waals surface area (Å²) in [5.41, 5.74) is 1.01. The molecule has 1 N–H and O–H groups in total. The third-order valence-electron chi connectivity index (χ3n) is 5.12. The van der Waals surface area contributed by atoms with Crippen LogP contribution in [0.2, 0.25) is 0 Å². The van der Waals surface area contributed by atoms with E-state index in [4.69, 9.17) is 4.42 Å². The molecule has 118 valence electrons. The second-order valence-corrected chi connectivity index (χ2v) is 7.46. The minimum absolute atomic E-state index is 0.664. The molecule has 0 spiro atoms. The Morgan fingerprint density at radius 3 is 2.90 bits per heavy atom. The Morgan fingerprint density at radius 1 is 1.38 bits per heavy atom. The summed E-state index contributed by atoms with van der Waals surface area (Å²) in [6.45, 7) is 7.34. The van der Waals surface area contributed by atoms with Gasteiger partial charge < -0.3 is 14.6 Å². The van der Waals surface area contributed by atoms with E-state index in [-0.39, 0.29) is 0 Å². The number of anilines is 1. The first-order valence-corrected chi connectivity index (χ1v) is 8.48. The molecule has 0 aliphatic heterocycles. The Balaban J connectivity index is 1.48. The van der Waals surface area contributed by atoms with E-state index in [9.17, 15) is 0 Å². The average molecular weight is 291 g/mol. The van der Waals surface area contributed by atoms with Crippen LogP contribution in [0.1, 0.15) is 45.2 Å². The number of nitrogens with one attached hydrogen (secondary N) is 1. The van der Waals surface area contributed by atoms with Crippen molar-refractivity contribution in [3.05, 3.63) is 12.0 Å². The van der Waals surface area contributed by atoms with Crippen molar-refractivity contribution in [3.63, 3.8) is 0 Å². The second kappa shape index (κ2) is 6.39. The monoisotopic (exact) mass is 291 g/mol. The first kappa shape index (κ1) is 14.9. The fraction of sp³-hybridized carbons (Fsp3) is 0.824. The second-order valence-electron chi connectivity index (χ2n) is 7.46. The van der Waals surface area contributed by atoms with E-state index < -0.39 is 0 Å². The Kier molecular flexibility index (Phi) is 4.53. The van der Waals surface area contributed by atoms with Gasteiger partial charge in [0, 0.05) is 20.1 Å². The van der Waals surface area contributed by atoms with Gasteiger partial charge in [0.15, 0.2) is 0 Å². The van der Waals surface area contributed by atoms with Crippen LogP contribution in [0.4, 0.5) is 6.01 Å². The van der Waals surface area contributed by atoms with E-state index in [0.29, 0.717) is 5.92 Å². The molecule has 21 heavy (non-hydrogen) atoms. The Bertz CT molecular complexity index is 457. The van der Waals surface area contributed by atoms with Crippen molar-refractivity contribution in [2.24, 2.45) is 23.7 Å². The van der Waals surface area contributed by atoms with Crippen LogP contribution in [0.5, 0.6) is 0 Å². The van der Waals surface area contributed by atoms with Crippen molar-refractivity contribution in [1.29, 1.82) is 0 Å². The number of hydrogen-bond donors (Lipinski definition) is 1. The lowest BCUT2D eigenvalue weighted by molar-refractivity contribution is 0.332. The topological polar surface area (TPSA) is 41.3 Å². The third kappa shape index (κ3) is 3.60. The van der Waals surface area contributed by atoms with Crippen molar-refractivity contribution >= 4 is 6.01 Å². The van der Waals surface area contributed by atoms with Gasteiger partial charge in [0.05, 0.1) is 5.69 Å². The predicted octanol–water partition coefficient (Wildman–Crippen LogP) is 3.29. The van der Waals surface area contributed by atoms with Gasteiger partial charge >= 0.3 is 0 Å². The summed E-state index contributed by atoms with van der Waals surface area (Å²) in [5.74, 6) is 3.48. The maximum atomic E-state index is 5.65. The summed E-state index contributed by atoms with van der Waals surface area (Å²) < 4.78 is 5.65.